The Kier molecular flexibility index (Phi) is 8.88. The average Bonchev–Trinajstić information content (AvgIpc) is 2.68. The van der Waals surface area contributed by atoms with Crippen molar-refractivity contribution in [2.45, 2.75) is 0 Å². The van der Waals surface area contributed by atoms with Gasteiger partial charge in [0, 0.05) is 8.95 Å². The van der Waals surface area contributed by atoms with E-state index in [2.05, 4.69) is 31.9 Å². The van der Waals surface area contributed by atoms with E-state index in [0.717, 1.165) is 8.95 Å². The fourth-order valence-electron chi connectivity index (χ4n) is 2.44. The standard InChI is InChI=1S/C20H22Br2O6/c21-15-1-3-17-19(13-15)28-20-14-16(22)2-4-18(20)27-12-10-25-8-6-23-5-7-24-9-11-26-17/h1-4,13-14H,5-12H2. The Morgan fingerprint density at radius 3 is 1.32 bits per heavy atom. The van der Waals surface area contributed by atoms with Gasteiger partial charge in [-0.3, -0.25) is 0 Å². The lowest BCUT2D eigenvalue weighted by Crippen LogP contribution is -2.14. The first-order valence-corrected chi connectivity index (χ1v) is 10.6. The van der Waals surface area contributed by atoms with Crippen LogP contribution < -0.4 is 14.2 Å². The first-order chi connectivity index (χ1) is 13.7. The van der Waals surface area contributed by atoms with E-state index in [1.807, 2.05) is 36.4 Å². The van der Waals surface area contributed by atoms with Crippen molar-refractivity contribution in [3.8, 4) is 23.0 Å². The van der Waals surface area contributed by atoms with Crippen LogP contribution in [0.1, 0.15) is 0 Å². The molecule has 0 bridgehead atoms. The molecule has 6 nitrogen and oxygen atoms in total. The first-order valence-electron chi connectivity index (χ1n) is 8.98. The molecule has 1 aliphatic rings. The number of benzene rings is 2. The smallest absolute Gasteiger partial charge is 0.170 e. The largest absolute Gasteiger partial charge is 0.487 e. The Bertz CT molecular complexity index is 694. The molecule has 0 saturated heterocycles. The van der Waals surface area contributed by atoms with Crippen LogP contribution in [0, 0.1) is 0 Å². The highest BCUT2D eigenvalue weighted by atomic mass is 79.9. The average molecular weight is 518 g/mol. The second kappa shape index (κ2) is 11.6. The van der Waals surface area contributed by atoms with E-state index in [9.17, 15) is 0 Å². The molecular formula is C20H22Br2O6. The summed E-state index contributed by atoms with van der Waals surface area (Å²) in [5.74, 6) is 2.41. The van der Waals surface area contributed by atoms with Crippen LogP contribution in [0.4, 0.5) is 0 Å². The van der Waals surface area contributed by atoms with E-state index >= 15 is 0 Å². The van der Waals surface area contributed by atoms with Crippen LogP contribution in [-0.2, 0) is 14.2 Å². The van der Waals surface area contributed by atoms with Gasteiger partial charge < -0.3 is 28.4 Å². The quantitative estimate of drug-likeness (QED) is 0.499. The van der Waals surface area contributed by atoms with Gasteiger partial charge in [0.05, 0.1) is 39.6 Å². The third-order valence-corrected chi connectivity index (χ3v) is 4.73. The van der Waals surface area contributed by atoms with Gasteiger partial charge in [-0.1, -0.05) is 31.9 Å². The molecule has 28 heavy (non-hydrogen) atoms. The van der Waals surface area contributed by atoms with Crippen LogP contribution in [0.5, 0.6) is 23.0 Å². The predicted molar refractivity (Wildman–Crippen MR) is 112 cm³/mol. The molecule has 0 fully saturated rings. The zero-order valence-electron chi connectivity index (χ0n) is 15.3. The molecule has 0 radical (unpaired) electrons. The number of rotatable bonds is 0. The highest BCUT2D eigenvalue weighted by Gasteiger charge is 2.13. The lowest BCUT2D eigenvalue weighted by atomic mass is 10.3. The summed E-state index contributed by atoms with van der Waals surface area (Å²) in [5, 5.41) is 0. The Hall–Kier alpha value is -1.32. The van der Waals surface area contributed by atoms with Crippen LogP contribution >= 0.6 is 31.9 Å². The minimum Gasteiger partial charge on any atom is -0.487 e. The fourth-order valence-corrected chi connectivity index (χ4v) is 3.12. The number of fused-ring (bicyclic) bond motifs is 2. The van der Waals surface area contributed by atoms with Crippen LogP contribution in [0.2, 0.25) is 0 Å². The van der Waals surface area contributed by atoms with Gasteiger partial charge in [-0.25, -0.2) is 0 Å². The van der Waals surface area contributed by atoms with Crippen molar-refractivity contribution in [3.63, 3.8) is 0 Å². The van der Waals surface area contributed by atoms with Crippen molar-refractivity contribution in [2.75, 3.05) is 52.9 Å². The van der Waals surface area contributed by atoms with Crippen molar-refractivity contribution in [3.05, 3.63) is 45.3 Å². The van der Waals surface area contributed by atoms with Crippen molar-refractivity contribution < 1.29 is 28.4 Å². The fraction of sp³-hybridized carbons (Fsp3) is 0.400. The van der Waals surface area contributed by atoms with Gasteiger partial charge in [0.1, 0.15) is 13.2 Å². The minimum absolute atomic E-state index is 0.406. The van der Waals surface area contributed by atoms with Gasteiger partial charge >= 0.3 is 0 Å². The maximum Gasteiger partial charge on any atom is 0.170 e. The molecule has 0 unspecified atom stereocenters. The summed E-state index contributed by atoms with van der Waals surface area (Å²) in [7, 11) is 0. The van der Waals surface area contributed by atoms with E-state index in [1.54, 1.807) is 0 Å². The molecule has 1 heterocycles. The summed E-state index contributed by atoms with van der Waals surface area (Å²) in [6.07, 6.45) is 0. The topological polar surface area (TPSA) is 55.4 Å². The Morgan fingerprint density at radius 1 is 0.500 bits per heavy atom. The van der Waals surface area contributed by atoms with Gasteiger partial charge in [0.2, 0.25) is 0 Å². The van der Waals surface area contributed by atoms with Crippen LogP contribution in [0.3, 0.4) is 0 Å². The third kappa shape index (κ3) is 6.93. The molecule has 0 aliphatic carbocycles. The van der Waals surface area contributed by atoms with E-state index in [1.165, 1.54) is 0 Å². The molecule has 0 N–H and O–H groups in total. The van der Waals surface area contributed by atoms with Crippen molar-refractivity contribution in [1.29, 1.82) is 0 Å². The van der Waals surface area contributed by atoms with Crippen molar-refractivity contribution in [2.24, 2.45) is 0 Å². The van der Waals surface area contributed by atoms with E-state index in [0.29, 0.717) is 75.9 Å². The number of halogens is 2. The highest BCUT2D eigenvalue weighted by Crippen LogP contribution is 2.39. The van der Waals surface area contributed by atoms with Crippen molar-refractivity contribution >= 4 is 31.9 Å². The van der Waals surface area contributed by atoms with Gasteiger partial charge in [0.15, 0.2) is 23.0 Å². The second-order valence-corrected chi connectivity index (χ2v) is 7.65. The van der Waals surface area contributed by atoms with E-state index < -0.39 is 0 Å². The summed E-state index contributed by atoms with van der Waals surface area (Å²) >= 11 is 6.96. The van der Waals surface area contributed by atoms with Crippen LogP contribution in [0.25, 0.3) is 0 Å². The summed E-state index contributed by atoms with van der Waals surface area (Å²) in [5.41, 5.74) is 0. The normalized spacial score (nSPS) is 16.9. The molecule has 0 saturated carbocycles. The van der Waals surface area contributed by atoms with Crippen LogP contribution in [-0.4, -0.2) is 52.9 Å². The molecular weight excluding hydrogens is 496 g/mol. The molecule has 0 spiro atoms. The van der Waals surface area contributed by atoms with Crippen molar-refractivity contribution in [1.82, 2.24) is 0 Å². The molecule has 0 atom stereocenters. The third-order valence-electron chi connectivity index (χ3n) is 3.75. The molecule has 2 aromatic rings. The molecule has 0 aromatic heterocycles. The number of hydrogen-bond acceptors (Lipinski definition) is 6. The van der Waals surface area contributed by atoms with Crippen LogP contribution in [0.15, 0.2) is 45.3 Å². The van der Waals surface area contributed by atoms with Gasteiger partial charge in [-0.15, -0.1) is 0 Å². The monoisotopic (exact) mass is 516 g/mol. The minimum atomic E-state index is 0.406. The summed E-state index contributed by atoms with van der Waals surface area (Å²) in [6.45, 7) is 3.80. The number of ether oxygens (including phenoxy) is 6. The highest BCUT2D eigenvalue weighted by molar-refractivity contribution is 9.10. The number of hydrogen-bond donors (Lipinski definition) is 0. The van der Waals surface area contributed by atoms with E-state index in [-0.39, 0.29) is 0 Å². The molecule has 8 heteroatoms. The van der Waals surface area contributed by atoms with Gasteiger partial charge in [0.25, 0.3) is 0 Å². The van der Waals surface area contributed by atoms with E-state index in [4.69, 9.17) is 28.4 Å². The SMILES string of the molecule is Brc1ccc2c(c1)Oc1cc(Br)ccc1OCCOCCOCCOCCO2. The summed E-state index contributed by atoms with van der Waals surface area (Å²) < 4.78 is 36.1. The maximum atomic E-state index is 6.14. The molecule has 2 aromatic carbocycles. The summed E-state index contributed by atoms with van der Waals surface area (Å²) in [6, 6.07) is 11.2. The summed E-state index contributed by atoms with van der Waals surface area (Å²) in [4.78, 5) is 0. The Labute approximate surface area is 181 Å². The second-order valence-electron chi connectivity index (χ2n) is 5.82. The zero-order valence-corrected chi connectivity index (χ0v) is 18.5. The molecule has 3 rings (SSSR count). The zero-order chi connectivity index (χ0) is 19.6. The van der Waals surface area contributed by atoms with Gasteiger partial charge in [-0.05, 0) is 36.4 Å². The molecule has 152 valence electrons. The maximum absolute atomic E-state index is 6.14. The lowest BCUT2D eigenvalue weighted by molar-refractivity contribution is 0.00457. The van der Waals surface area contributed by atoms with Gasteiger partial charge in [-0.2, -0.15) is 0 Å². The Morgan fingerprint density at radius 2 is 0.893 bits per heavy atom. The Balaban J connectivity index is 1.79. The lowest BCUT2D eigenvalue weighted by Gasteiger charge is -2.16. The molecule has 1 aliphatic heterocycles. The first kappa shape index (κ1) is 21.4. The predicted octanol–water partition coefficient (Wildman–Crippen LogP) is 4.82. The molecule has 0 amide bonds.